The number of carbonyl (C=O) groups is 1. The average molecular weight is 287 g/mol. The highest BCUT2D eigenvalue weighted by molar-refractivity contribution is 6.01. The van der Waals surface area contributed by atoms with E-state index < -0.39 is 5.54 Å². The van der Waals surface area contributed by atoms with E-state index in [1.54, 1.807) is 13.8 Å². The Balaban J connectivity index is 2.15. The molecule has 1 fully saturated rings. The van der Waals surface area contributed by atoms with Gasteiger partial charge in [0, 0.05) is 31.1 Å². The predicted molar refractivity (Wildman–Crippen MR) is 82.5 cm³/mol. The number of rotatable bonds is 4. The van der Waals surface area contributed by atoms with Gasteiger partial charge in [-0.1, -0.05) is 30.3 Å². The summed E-state index contributed by atoms with van der Waals surface area (Å²) in [6, 6.07) is 9.74. The van der Waals surface area contributed by atoms with E-state index in [1.807, 2.05) is 36.4 Å². The summed E-state index contributed by atoms with van der Waals surface area (Å²) in [5.41, 5.74) is 0.766. The van der Waals surface area contributed by atoms with Gasteiger partial charge in [-0.3, -0.25) is 14.9 Å². The first-order valence-electron chi connectivity index (χ1n) is 7.34. The lowest BCUT2D eigenvalue weighted by Crippen LogP contribution is -2.37. The molecule has 0 bridgehead atoms. The number of nitro groups is 1. The molecule has 1 atom stereocenters. The van der Waals surface area contributed by atoms with Crippen molar-refractivity contribution < 1.29 is 9.72 Å². The van der Waals surface area contributed by atoms with Gasteiger partial charge in [-0.2, -0.15) is 0 Å². The second-order valence-corrected chi connectivity index (χ2v) is 6.31. The number of nitrogens with zero attached hydrogens (tertiary/aromatic N) is 1. The lowest BCUT2D eigenvalue weighted by molar-refractivity contribution is -0.562. The maximum atomic E-state index is 12.5. The third-order valence-corrected chi connectivity index (χ3v) is 4.07. The van der Waals surface area contributed by atoms with Crippen molar-refractivity contribution in [3.8, 4) is 0 Å². The van der Waals surface area contributed by atoms with E-state index in [-0.39, 0.29) is 16.6 Å². The van der Waals surface area contributed by atoms with Crippen LogP contribution in [0.1, 0.15) is 45.1 Å². The third kappa shape index (κ3) is 3.78. The van der Waals surface area contributed by atoms with Crippen molar-refractivity contribution in [1.82, 2.24) is 0 Å². The van der Waals surface area contributed by atoms with Crippen LogP contribution in [-0.4, -0.2) is 16.2 Å². The Labute approximate surface area is 125 Å². The summed E-state index contributed by atoms with van der Waals surface area (Å²) >= 11 is 0. The minimum Gasteiger partial charge on any atom is -0.294 e. The van der Waals surface area contributed by atoms with E-state index in [0.717, 1.165) is 30.4 Å². The zero-order chi connectivity index (χ0) is 15.5. The third-order valence-electron chi connectivity index (χ3n) is 4.07. The summed E-state index contributed by atoms with van der Waals surface area (Å²) in [5.74, 6) is -0.144. The molecule has 112 valence electrons. The number of carbonyl (C=O) groups excluding carboxylic acids is 1. The van der Waals surface area contributed by atoms with Crippen LogP contribution in [0.3, 0.4) is 0 Å². The molecular formula is C17H21NO3. The lowest BCUT2D eigenvalue weighted by atomic mass is 9.77. The van der Waals surface area contributed by atoms with Crippen molar-refractivity contribution in [1.29, 1.82) is 0 Å². The van der Waals surface area contributed by atoms with Gasteiger partial charge in [0.1, 0.15) is 0 Å². The molecule has 0 aliphatic heterocycles. The number of benzene rings is 1. The molecule has 1 aromatic carbocycles. The maximum absolute atomic E-state index is 12.5. The fourth-order valence-electron chi connectivity index (χ4n) is 2.82. The van der Waals surface area contributed by atoms with E-state index in [2.05, 4.69) is 0 Å². The largest absolute Gasteiger partial charge is 0.294 e. The fraction of sp³-hybridized carbons (Fsp3) is 0.471. The molecule has 4 nitrogen and oxygen atoms in total. The number of allylic oxidation sites excluding steroid dienone is 1. The highest BCUT2D eigenvalue weighted by Crippen LogP contribution is 2.33. The first-order chi connectivity index (χ1) is 9.90. The van der Waals surface area contributed by atoms with Crippen LogP contribution >= 0.6 is 0 Å². The summed E-state index contributed by atoms with van der Waals surface area (Å²) in [4.78, 5) is 23.3. The lowest BCUT2D eigenvalue weighted by Gasteiger charge is -2.26. The molecule has 0 heterocycles. The van der Waals surface area contributed by atoms with Crippen molar-refractivity contribution >= 4 is 11.9 Å². The summed E-state index contributed by atoms with van der Waals surface area (Å²) in [6.45, 7) is 3.19. The van der Waals surface area contributed by atoms with Crippen molar-refractivity contribution in [2.75, 3.05) is 0 Å². The summed E-state index contributed by atoms with van der Waals surface area (Å²) in [5, 5.41) is 11.1. The second kappa shape index (κ2) is 6.20. The van der Waals surface area contributed by atoms with Crippen LogP contribution in [0.2, 0.25) is 0 Å². The molecule has 0 spiro atoms. The van der Waals surface area contributed by atoms with Gasteiger partial charge in [-0.05, 0) is 36.5 Å². The van der Waals surface area contributed by atoms with E-state index in [1.165, 1.54) is 0 Å². The number of hydrogen-bond donors (Lipinski definition) is 0. The summed E-state index contributed by atoms with van der Waals surface area (Å²) < 4.78 is 0. The SMILES string of the molecule is CC(C)(CC1CCCC(=Cc2ccccc2)C1=O)[N+](=O)[O-]. The molecule has 2 rings (SSSR count). The Kier molecular flexibility index (Phi) is 4.56. The first kappa shape index (κ1) is 15.4. The van der Waals surface area contributed by atoms with Crippen LogP contribution in [-0.2, 0) is 4.79 Å². The van der Waals surface area contributed by atoms with Gasteiger partial charge >= 0.3 is 0 Å². The molecular weight excluding hydrogens is 266 g/mol. The van der Waals surface area contributed by atoms with Gasteiger partial charge in [-0.15, -0.1) is 0 Å². The van der Waals surface area contributed by atoms with Crippen LogP contribution < -0.4 is 0 Å². The molecule has 21 heavy (non-hydrogen) atoms. The zero-order valence-electron chi connectivity index (χ0n) is 12.5. The van der Waals surface area contributed by atoms with Crippen LogP contribution in [0.15, 0.2) is 35.9 Å². The Morgan fingerprint density at radius 1 is 1.33 bits per heavy atom. The first-order valence-corrected chi connectivity index (χ1v) is 7.34. The summed E-state index contributed by atoms with van der Waals surface area (Å²) in [6.07, 6.45) is 4.67. The highest BCUT2D eigenvalue weighted by atomic mass is 16.6. The van der Waals surface area contributed by atoms with Crippen LogP contribution in [0, 0.1) is 16.0 Å². The van der Waals surface area contributed by atoms with E-state index in [9.17, 15) is 14.9 Å². The van der Waals surface area contributed by atoms with Gasteiger partial charge in [0.05, 0.1) is 0 Å². The van der Waals surface area contributed by atoms with Crippen LogP contribution in [0.5, 0.6) is 0 Å². The number of ketones is 1. The van der Waals surface area contributed by atoms with Crippen LogP contribution in [0.4, 0.5) is 0 Å². The molecule has 0 radical (unpaired) electrons. The van der Waals surface area contributed by atoms with Crippen molar-refractivity contribution in [3.05, 3.63) is 51.6 Å². The van der Waals surface area contributed by atoms with Crippen molar-refractivity contribution in [2.45, 2.75) is 45.1 Å². The van der Waals surface area contributed by atoms with Gasteiger partial charge in [-0.25, -0.2) is 0 Å². The molecule has 1 aliphatic rings. The quantitative estimate of drug-likeness (QED) is 0.479. The average Bonchev–Trinajstić information content (AvgIpc) is 2.44. The molecule has 0 aromatic heterocycles. The molecule has 1 unspecified atom stereocenters. The summed E-state index contributed by atoms with van der Waals surface area (Å²) in [7, 11) is 0. The number of hydrogen-bond acceptors (Lipinski definition) is 3. The Morgan fingerprint density at radius 2 is 2.00 bits per heavy atom. The fourth-order valence-corrected chi connectivity index (χ4v) is 2.82. The monoisotopic (exact) mass is 287 g/mol. The van der Waals surface area contributed by atoms with E-state index in [4.69, 9.17) is 0 Å². The standard InChI is InChI=1S/C17H21NO3/c1-17(2,18(20)21)12-15-10-6-9-14(16(15)19)11-13-7-4-3-5-8-13/h3-5,7-8,11,15H,6,9-10,12H2,1-2H3. The maximum Gasteiger partial charge on any atom is 0.217 e. The normalized spacial score (nSPS) is 21.5. The molecule has 4 heteroatoms. The van der Waals surface area contributed by atoms with Gasteiger partial charge in [0.25, 0.3) is 0 Å². The highest BCUT2D eigenvalue weighted by Gasteiger charge is 2.38. The van der Waals surface area contributed by atoms with Gasteiger partial charge in [0.2, 0.25) is 5.54 Å². The second-order valence-electron chi connectivity index (χ2n) is 6.31. The Hall–Kier alpha value is -1.97. The van der Waals surface area contributed by atoms with Gasteiger partial charge in [0.15, 0.2) is 5.78 Å². The molecule has 1 saturated carbocycles. The predicted octanol–water partition coefficient (Wildman–Crippen LogP) is 3.88. The zero-order valence-corrected chi connectivity index (χ0v) is 12.5. The number of Topliss-reactive ketones (excluding diaryl/α,β-unsaturated/α-hetero) is 1. The Bertz CT molecular complexity index is 561. The topological polar surface area (TPSA) is 60.2 Å². The minimum atomic E-state index is -1.05. The molecule has 0 saturated heterocycles. The van der Waals surface area contributed by atoms with E-state index >= 15 is 0 Å². The minimum absolute atomic E-state index is 0.0834. The molecule has 0 N–H and O–H groups in total. The van der Waals surface area contributed by atoms with Crippen LogP contribution in [0.25, 0.3) is 6.08 Å². The Morgan fingerprint density at radius 3 is 2.62 bits per heavy atom. The van der Waals surface area contributed by atoms with Gasteiger partial charge < -0.3 is 0 Å². The smallest absolute Gasteiger partial charge is 0.217 e. The molecule has 1 aromatic rings. The van der Waals surface area contributed by atoms with E-state index in [0.29, 0.717) is 6.42 Å². The van der Waals surface area contributed by atoms with Crippen molar-refractivity contribution in [3.63, 3.8) is 0 Å². The molecule has 0 amide bonds. The molecule has 1 aliphatic carbocycles. The van der Waals surface area contributed by atoms with Crippen molar-refractivity contribution in [2.24, 2.45) is 5.92 Å².